The van der Waals surface area contributed by atoms with Crippen LogP contribution >= 0.6 is 0 Å². The average Bonchev–Trinajstić information content (AvgIpc) is 2.91. The summed E-state index contributed by atoms with van der Waals surface area (Å²) in [7, 11) is 1.67. The van der Waals surface area contributed by atoms with Crippen LogP contribution in [0.25, 0.3) is 0 Å². The summed E-state index contributed by atoms with van der Waals surface area (Å²) in [5.41, 5.74) is 3.10. The molecule has 0 unspecified atom stereocenters. The molecule has 3 aromatic carbocycles. The van der Waals surface area contributed by atoms with Gasteiger partial charge in [-0.25, -0.2) is 14.0 Å². The number of aliphatic carboxylic acids is 2. The van der Waals surface area contributed by atoms with Crippen molar-refractivity contribution in [3.63, 3.8) is 0 Å². The van der Waals surface area contributed by atoms with Crippen LogP contribution in [0, 0.1) is 5.82 Å². The number of nitrogens with zero attached hydrogens (tertiary/aromatic N) is 2. The van der Waals surface area contributed by atoms with Crippen molar-refractivity contribution in [3.8, 4) is 11.5 Å². The number of carboxylic acids is 2. The molecule has 0 atom stereocenters. The molecule has 0 saturated carbocycles. The van der Waals surface area contributed by atoms with Crippen molar-refractivity contribution in [1.82, 2.24) is 9.80 Å². The molecule has 4 rings (SSSR count). The van der Waals surface area contributed by atoms with Gasteiger partial charge >= 0.3 is 11.9 Å². The normalized spacial score (nSPS) is 13.8. The van der Waals surface area contributed by atoms with Gasteiger partial charge in [-0.15, -0.1) is 0 Å². The number of hydrogen-bond acceptors (Lipinski definition) is 6. The SMILES string of the molecule is COc1ccc(CN2CCN(Cc3ccccc3F)CC2)cc1OCc1ccccc1.O=C(O)C(=O)O. The highest BCUT2D eigenvalue weighted by atomic mass is 19.1. The number of benzene rings is 3. The number of methoxy groups -OCH3 is 1. The molecule has 0 radical (unpaired) electrons. The predicted octanol–water partition coefficient (Wildman–Crippen LogP) is 3.89. The Morgan fingerprint density at radius 3 is 1.97 bits per heavy atom. The largest absolute Gasteiger partial charge is 0.493 e. The minimum Gasteiger partial charge on any atom is -0.493 e. The Balaban J connectivity index is 0.000000568. The molecule has 0 bridgehead atoms. The number of rotatable bonds is 8. The van der Waals surface area contributed by atoms with Gasteiger partial charge in [0.25, 0.3) is 0 Å². The van der Waals surface area contributed by atoms with Gasteiger partial charge in [-0.2, -0.15) is 0 Å². The Hall–Kier alpha value is -3.95. The second-order valence-corrected chi connectivity index (χ2v) is 8.51. The summed E-state index contributed by atoms with van der Waals surface area (Å²) >= 11 is 0. The molecule has 1 aliphatic rings. The first-order valence-corrected chi connectivity index (χ1v) is 11.8. The number of piperazine rings is 1. The summed E-state index contributed by atoms with van der Waals surface area (Å²) in [5, 5.41) is 14.8. The van der Waals surface area contributed by atoms with Gasteiger partial charge in [0, 0.05) is 44.8 Å². The standard InChI is InChI=1S/C26H29FN2O2.C2H2O4/c1-30-25-12-11-22(17-26(25)31-20-21-7-3-2-4-8-21)18-28-13-15-29(16-14-28)19-23-9-5-6-10-24(23)27;3-1(4)2(5)6/h2-12,17H,13-16,18-20H2,1H3;(H,3,4)(H,5,6). The van der Waals surface area contributed by atoms with Crippen molar-refractivity contribution in [2.45, 2.75) is 19.7 Å². The van der Waals surface area contributed by atoms with E-state index in [4.69, 9.17) is 29.3 Å². The Morgan fingerprint density at radius 2 is 1.38 bits per heavy atom. The molecule has 196 valence electrons. The van der Waals surface area contributed by atoms with Gasteiger partial charge in [-0.1, -0.05) is 54.6 Å². The van der Waals surface area contributed by atoms with Gasteiger partial charge < -0.3 is 19.7 Å². The van der Waals surface area contributed by atoms with E-state index >= 15 is 0 Å². The van der Waals surface area contributed by atoms with Crippen molar-refractivity contribution in [2.75, 3.05) is 33.3 Å². The third kappa shape index (κ3) is 8.89. The van der Waals surface area contributed by atoms with E-state index in [9.17, 15) is 4.39 Å². The zero-order chi connectivity index (χ0) is 26.6. The summed E-state index contributed by atoms with van der Waals surface area (Å²) in [6.07, 6.45) is 0. The smallest absolute Gasteiger partial charge is 0.414 e. The van der Waals surface area contributed by atoms with Gasteiger partial charge in [0.2, 0.25) is 0 Å². The fraction of sp³-hybridized carbons (Fsp3) is 0.286. The molecule has 37 heavy (non-hydrogen) atoms. The van der Waals surface area contributed by atoms with Gasteiger partial charge in [0.05, 0.1) is 7.11 Å². The zero-order valence-electron chi connectivity index (χ0n) is 20.7. The van der Waals surface area contributed by atoms with Crippen molar-refractivity contribution >= 4 is 11.9 Å². The van der Waals surface area contributed by atoms with Crippen molar-refractivity contribution in [2.24, 2.45) is 0 Å². The zero-order valence-corrected chi connectivity index (χ0v) is 20.7. The molecule has 0 amide bonds. The molecule has 1 fully saturated rings. The Bertz CT molecular complexity index is 1150. The third-order valence-electron chi connectivity index (χ3n) is 5.87. The lowest BCUT2D eigenvalue weighted by Gasteiger charge is -2.34. The molecule has 1 heterocycles. The summed E-state index contributed by atoms with van der Waals surface area (Å²) in [4.78, 5) is 22.9. The quantitative estimate of drug-likeness (QED) is 0.441. The van der Waals surface area contributed by atoms with Crippen LogP contribution in [-0.4, -0.2) is 65.2 Å². The molecular weight excluding hydrogens is 479 g/mol. The van der Waals surface area contributed by atoms with Crippen LogP contribution in [0.4, 0.5) is 4.39 Å². The number of carboxylic acid groups (broad SMARTS) is 2. The van der Waals surface area contributed by atoms with E-state index in [1.165, 1.54) is 11.6 Å². The maximum absolute atomic E-state index is 13.9. The van der Waals surface area contributed by atoms with Crippen LogP contribution in [0.5, 0.6) is 11.5 Å². The first-order valence-electron chi connectivity index (χ1n) is 11.8. The summed E-state index contributed by atoms with van der Waals surface area (Å²) < 4.78 is 25.5. The molecule has 9 heteroatoms. The highest BCUT2D eigenvalue weighted by Gasteiger charge is 2.19. The van der Waals surface area contributed by atoms with Crippen LogP contribution in [0.3, 0.4) is 0 Å². The molecule has 2 N–H and O–H groups in total. The molecule has 0 aromatic heterocycles. The molecule has 0 spiro atoms. The van der Waals surface area contributed by atoms with E-state index < -0.39 is 11.9 Å². The molecule has 0 aliphatic carbocycles. The maximum Gasteiger partial charge on any atom is 0.414 e. The van der Waals surface area contributed by atoms with E-state index in [0.717, 1.165) is 55.3 Å². The summed E-state index contributed by atoms with van der Waals surface area (Å²) in [6, 6.07) is 23.3. The van der Waals surface area contributed by atoms with E-state index in [2.05, 4.69) is 34.1 Å². The van der Waals surface area contributed by atoms with Crippen LogP contribution in [0.1, 0.15) is 16.7 Å². The maximum atomic E-state index is 13.9. The van der Waals surface area contributed by atoms with Gasteiger partial charge in [-0.05, 0) is 29.3 Å². The number of halogens is 1. The van der Waals surface area contributed by atoms with Crippen molar-refractivity contribution in [3.05, 3.63) is 95.3 Å². The highest BCUT2D eigenvalue weighted by molar-refractivity contribution is 6.27. The van der Waals surface area contributed by atoms with Gasteiger partial charge in [0.1, 0.15) is 12.4 Å². The monoisotopic (exact) mass is 510 g/mol. The van der Waals surface area contributed by atoms with E-state index in [-0.39, 0.29) is 5.82 Å². The lowest BCUT2D eigenvalue weighted by Crippen LogP contribution is -2.45. The molecule has 8 nitrogen and oxygen atoms in total. The number of hydrogen-bond donors (Lipinski definition) is 2. The second-order valence-electron chi connectivity index (χ2n) is 8.51. The summed E-state index contributed by atoms with van der Waals surface area (Å²) in [6.45, 7) is 5.82. The number of ether oxygens (including phenoxy) is 2. The Morgan fingerprint density at radius 1 is 0.784 bits per heavy atom. The van der Waals surface area contributed by atoms with Crippen LogP contribution in [-0.2, 0) is 29.3 Å². The van der Waals surface area contributed by atoms with E-state index in [1.54, 1.807) is 13.2 Å². The van der Waals surface area contributed by atoms with Crippen LogP contribution in [0.15, 0.2) is 72.8 Å². The van der Waals surface area contributed by atoms with Gasteiger partial charge in [0.15, 0.2) is 11.5 Å². The summed E-state index contributed by atoms with van der Waals surface area (Å²) in [5.74, 6) is -2.26. The van der Waals surface area contributed by atoms with E-state index in [0.29, 0.717) is 13.2 Å². The van der Waals surface area contributed by atoms with Crippen molar-refractivity contribution < 1.29 is 33.7 Å². The lowest BCUT2D eigenvalue weighted by atomic mass is 10.1. The van der Waals surface area contributed by atoms with E-state index in [1.807, 2.05) is 36.4 Å². The van der Waals surface area contributed by atoms with Crippen LogP contribution in [0.2, 0.25) is 0 Å². The third-order valence-corrected chi connectivity index (χ3v) is 5.87. The first-order chi connectivity index (χ1) is 17.9. The topological polar surface area (TPSA) is 99.5 Å². The first kappa shape index (κ1) is 27.6. The fourth-order valence-electron chi connectivity index (χ4n) is 3.90. The van der Waals surface area contributed by atoms with Gasteiger partial charge in [-0.3, -0.25) is 9.80 Å². The minimum atomic E-state index is -1.82. The molecule has 1 saturated heterocycles. The average molecular weight is 511 g/mol. The number of carbonyl (C=O) groups is 2. The lowest BCUT2D eigenvalue weighted by molar-refractivity contribution is -0.159. The predicted molar refractivity (Wildman–Crippen MR) is 136 cm³/mol. The van der Waals surface area contributed by atoms with Crippen LogP contribution < -0.4 is 9.47 Å². The Labute approximate surface area is 215 Å². The molecule has 3 aromatic rings. The minimum absolute atomic E-state index is 0.119. The molecular formula is C28H31FN2O6. The Kier molecular flexibility index (Phi) is 10.4. The second kappa shape index (κ2) is 14.0. The van der Waals surface area contributed by atoms with Crippen molar-refractivity contribution in [1.29, 1.82) is 0 Å². The fourth-order valence-corrected chi connectivity index (χ4v) is 3.90. The molecule has 1 aliphatic heterocycles. The highest BCUT2D eigenvalue weighted by Crippen LogP contribution is 2.29.